The lowest BCUT2D eigenvalue weighted by Crippen LogP contribution is -2.02. The highest BCUT2D eigenvalue weighted by Gasteiger charge is 2.01. The number of benzene rings is 2. The lowest BCUT2D eigenvalue weighted by Gasteiger charge is -2.09. The van der Waals surface area contributed by atoms with Crippen LogP contribution < -0.4 is 4.74 Å². The van der Waals surface area contributed by atoms with Crippen LogP contribution in [0.5, 0.6) is 5.75 Å². The summed E-state index contributed by atoms with van der Waals surface area (Å²) in [6.45, 7) is 2.85. The predicted octanol–water partition coefficient (Wildman–Crippen LogP) is 4.16. The van der Waals surface area contributed by atoms with Gasteiger partial charge in [0.05, 0.1) is 6.61 Å². The summed E-state index contributed by atoms with van der Waals surface area (Å²) in [5.74, 6) is 0.921. The van der Waals surface area contributed by atoms with Gasteiger partial charge in [0.1, 0.15) is 5.75 Å². The Morgan fingerprint density at radius 1 is 1.06 bits per heavy atom. The third kappa shape index (κ3) is 3.54. The lowest BCUT2D eigenvalue weighted by atomic mass is 10.1. The highest BCUT2D eigenvalue weighted by Crippen LogP contribution is 2.17. The van der Waals surface area contributed by atoms with Crippen LogP contribution in [0.15, 0.2) is 53.4 Å². The van der Waals surface area contributed by atoms with E-state index < -0.39 is 0 Å². The first-order chi connectivity index (χ1) is 8.79. The largest absolute Gasteiger partial charge is 0.493 e. The molecule has 18 heavy (non-hydrogen) atoms. The normalized spacial score (nSPS) is 10.3. The standard InChI is InChI=1S/C16H18OS/c1-2-13-8-9-16(18)14(12-13)10-11-17-15-6-4-3-5-7-15/h3-9,12,18H,2,10-11H2,1H3. The Hall–Kier alpha value is -1.41. The van der Waals surface area contributed by atoms with Gasteiger partial charge < -0.3 is 4.74 Å². The van der Waals surface area contributed by atoms with E-state index in [2.05, 4.69) is 37.8 Å². The van der Waals surface area contributed by atoms with Gasteiger partial charge in [0.25, 0.3) is 0 Å². The minimum atomic E-state index is 0.685. The van der Waals surface area contributed by atoms with Crippen molar-refractivity contribution in [1.29, 1.82) is 0 Å². The second kappa shape index (κ2) is 6.50. The highest BCUT2D eigenvalue weighted by atomic mass is 32.1. The Labute approximate surface area is 114 Å². The van der Waals surface area contributed by atoms with E-state index in [9.17, 15) is 0 Å². The molecule has 0 saturated heterocycles. The minimum Gasteiger partial charge on any atom is -0.493 e. The van der Waals surface area contributed by atoms with E-state index in [1.807, 2.05) is 30.3 Å². The quantitative estimate of drug-likeness (QED) is 0.792. The molecule has 2 rings (SSSR count). The molecule has 0 radical (unpaired) electrons. The zero-order chi connectivity index (χ0) is 12.8. The fourth-order valence-corrected chi connectivity index (χ4v) is 2.11. The first-order valence-corrected chi connectivity index (χ1v) is 6.73. The lowest BCUT2D eigenvalue weighted by molar-refractivity contribution is 0.321. The highest BCUT2D eigenvalue weighted by molar-refractivity contribution is 7.80. The van der Waals surface area contributed by atoms with Gasteiger partial charge in [-0.3, -0.25) is 0 Å². The van der Waals surface area contributed by atoms with Crippen LogP contribution in [0.4, 0.5) is 0 Å². The molecule has 0 aliphatic rings. The van der Waals surface area contributed by atoms with Gasteiger partial charge in [0.15, 0.2) is 0 Å². The van der Waals surface area contributed by atoms with Crippen molar-refractivity contribution >= 4 is 12.6 Å². The number of hydrogen-bond donors (Lipinski definition) is 1. The molecule has 2 aromatic carbocycles. The van der Waals surface area contributed by atoms with Gasteiger partial charge in [-0.2, -0.15) is 0 Å². The van der Waals surface area contributed by atoms with Crippen LogP contribution in [-0.4, -0.2) is 6.61 Å². The second-order valence-corrected chi connectivity index (χ2v) is 4.71. The van der Waals surface area contributed by atoms with Crippen molar-refractivity contribution in [3.8, 4) is 5.75 Å². The van der Waals surface area contributed by atoms with Crippen molar-refractivity contribution in [2.24, 2.45) is 0 Å². The van der Waals surface area contributed by atoms with Gasteiger partial charge in [-0.15, -0.1) is 12.6 Å². The molecule has 1 nitrogen and oxygen atoms in total. The summed E-state index contributed by atoms with van der Waals surface area (Å²) < 4.78 is 5.70. The Morgan fingerprint density at radius 2 is 1.83 bits per heavy atom. The van der Waals surface area contributed by atoms with Crippen LogP contribution in [0.2, 0.25) is 0 Å². The molecular weight excluding hydrogens is 240 g/mol. The van der Waals surface area contributed by atoms with Crippen molar-refractivity contribution in [2.75, 3.05) is 6.61 Å². The molecule has 0 aliphatic carbocycles. The van der Waals surface area contributed by atoms with E-state index in [0.717, 1.165) is 23.5 Å². The fraction of sp³-hybridized carbons (Fsp3) is 0.250. The summed E-state index contributed by atoms with van der Waals surface area (Å²) in [7, 11) is 0. The summed E-state index contributed by atoms with van der Waals surface area (Å²) in [6, 6.07) is 16.3. The summed E-state index contributed by atoms with van der Waals surface area (Å²) in [5.41, 5.74) is 2.61. The average Bonchev–Trinajstić information content (AvgIpc) is 2.42. The average molecular weight is 258 g/mol. The second-order valence-electron chi connectivity index (χ2n) is 4.23. The van der Waals surface area contributed by atoms with Crippen molar-refractivity contribution < 1.29 is 4.74 Å². The maximum absolute atomic E-state index is 5.70. The van der Waals surface area contributed by atoms with Crippen LogP contribution in [0, 0.1) is 0 Å². The molecule has 0 unspecified atom stereocenters. The minimum absolute atomic E-state index is 0.685. The number of aryl methyl sites for hydroxylation is 1. The molecule has 0 atom stereocenters. The molecule has 0 bridgehead atoms. The summed E-state index contributed by atoms with van der Waals surface area (Å²) in [6.07, 6.45) is 1.95. The topological polar surface area (TPSA) is 9.23 Å². The van der Waals surface area contributed by atoms with Gasteiger partial charge in [-0.1, -0.05) is 37.3 Å². The van der Waals surface area contributed by atoms with Crippen LogP contribution in [-0.2, 0) is 12.8 Å². The molecule has 0 heterocycles. The van der Waals surface area contributed by atoms with E-state index in [1.165, 1.54) is 11.1 Å². The number of para-hydroxylation sites is 1. The van der Waals surface area contributed by atoms with Crippen LogP contribution in [0.3, 0.4) is 0 Å². The number of hydrogen-bond acceptors (Lipinski definition) is 2. The number of thiol groups is 1. The van der Waals surface area contributed by atoms with E-state index in [0.29, 0.717) is 6.61 Å². The zero-order valence-corrected chi connectivity index (χ0v) is 11.5. The Kier molecular flexibility index (Phi) is 4.71. The molecular formula is C16H18OS. The molecule has 94 valence electrons. The molecule has 0 amide bonds. The zero-order valence-electron chi connectivity index (χ0n) is 10.6. The Bertz CT molecular complexity index is 494. The SMILES string of the molecule is CCc1ccc(S)c(CCOc2ccccc2)c1. The third-order valence-corrected chi connectivity index (χ3v) is 3.37. The fourth-order valence-electron chi connectivity index (χ4n) is 1.85. The molecule has 0 aromatic heterocycles. The van der Waals surface area contributed by atoms with Gasteiger partial charge in [-0.05, 0) is 35.7 Å². The summed E-state index contributed by atoms with van der Waals surface area (Å²) in [4.78, 5) is 1.05. The van der Waals surface area contributed by atoms with Crippen molar-refractivity contribution in [3.05, 3.63) is 59.7 Å². The predicted molar refractivity (Wildman–Crippen MR) is 78.7 cm³/mol. The van der Waals surface area contributed by atoms with Gasteiger partial charge in [0, 0.05) is 11.3 Å². The van der Waals surface area contributed by atoms with Crippen LogP contribution >= 0.6 is 12.6 Å². The molecule has 0 aliphatic heterocycles. The molecule has 0 N–H and O–H groups in total. The Balaban J connectivity index is 1.94. The molecule has 2 aromatic rings. The first kappa shape index (κ1) is 13.0. The van der Waals surface area contributed by atoms with Gasteiger partial charge in [-0.25, -0.2) is 0 Å². The smallest absolute Gasteiger partial charge is 0.119 e. The molecule has 0 fully saturated rings. The van der Waals surface area contributed by atoms with E-state index in [4.69, 9.17) is 4.74 Å². The molecule has 0 saturated carbocycles. The number of rotatable bonds is 5. The molecule has 2 heteroatoms. The Morgan fingerprint density at radius 3 is 2.56 bits per heavy atom. The van der Waals surface area contributed by atoms with E-state index >= 15 is 0 Å². The van der Waals surface area contributed by atoms with Crippen LogP contribution in [0.25, 0.3) is 0 Å². The van der Waals surface area contributed by atoms with Gasteiger partial charge >= 0.3 is 0 Å². The maximum Gasteiger partial charge on any atom is 0.119 e. The van der Waals surface area contributed by atoms with E-state index in [1.54, 1.807) is 0 Å². The van der Waals surface area contributed by atoms with Crippen molar-refractivity contribution in [1.82, 2.24) is 0 Å². The van der Waals surface area contributed by atoms with Crippen LogP contribution in [0.1, 0.15) is 18.1 Å². The summed E-state index contributed by atoms with van der Waals surface area (Å²) >= 11 is 4.49. The monoisotopic (exact) mass is 258 g/mol. The first-order valence-electron chi connectivity index (χ1n) is 6.28. The van der Waals surface area contributed by atoms with Crippen molar-refractivity contribution in [3.63, 3.8) is 0 Å². The summed E-state index contributed by atoms with van der Waals surface area (Å²) in [5, 5.41) is 0. The van der Waals surface area contributed by atoms with Gasteiger partial charge in [0.2, 0.25) is 0 Å². The number of ether oxygens (including phenoxy) is 1. The van der Waals surface area contributed by atoms with Crippen molar-refractivity contribution in [2.45, 2.75) is 24.7 Å². The van der Waals surface area contributed by atoms with E-state index in [-0.39, 0.29) is 0 Å². The maximum atomic E-state index is 5.70. The third-order valence-electron chi connectivity index (χ3n) is 2.94. The molecule has 0 spiro atoms.